The number of carbonyl (C=O) groups is 1. The highest BCUT2D eigenvalue weighted by Crippen LogP contribution is 2.30. The van der Waals surface area contributed by atoms with Crippen molar-refractivity contribution in [3.8, 4) is 0 Å². The summed E-state index contributed by atoms with van der Waals surface area (Å²) < 4.78 is 27.6. The number of hydrogen-bond donors (Lipinski definition) is 0. The minimum atomic E-state index is -0.850. The molecule has 0 amide bonds. The van der Waals surface area contributed by atoms with Gasteiger partial charge in [0.25, 0.3) is 0 Å². The third-order valence-electron chi connectivity index (χ3n) is 5.07. The van der Waals surface area contributed by atoms with E-state index in [1.807, 2.05) is 11.4 Å². The number of ketones is 1. The highest BCUT2D eigenvalue weighted by Gasteiger charge is 2.21. The van der Waals surface area contributed by atoms with E-state index in [4.69, 9.17) is 0 Å². The molecule has 0 saturated heterocycles. The Kier molecular flexibility index (Phi) is 6.95. The van der Waals surface area contributed by atoms with Crippen LogP contribution in [-0.2, 0) is 6.42 Å². The Bertz CT molecular complexity index is 1050. The van der Waals surface area contributed by atoms with Crippen molar-refractivity contribution in [2.45, 2.75) is 19.8 Å². The predicted molar refractivity (Wildman–Crippen MR) is 117 cm³/mol. The van der Waals surface area contributed by atoms with Gasteiger partial charge in [0, 0.05) is 36.6 Å². The van der Waals surface area contributed by atoms with E-state index in [9.17, 15) is 13.6 Å². The highest BCUT2D eigenvalue weighted by atomic mass is 35.5. The standard InChI is InChI=1S/C22H19F2N3OS.ClH/c1-14-7-9-27(22-25-8-10-29-22)13-17(14)15-5-6-16(26-12-15)11-20(28)21-18(23)3-2-4-19(21)24;/h2-6,8,10,12H,7,9,11,13H2,1H3;1H. The summed E-state index contributed by atoms with van der Waals surface area (Å²) in [5.41, 5.74) is 3.45. The maximum atomic E-state index is 13.8. The van der Waals surface area contributed by atoms with E-state index in [-0.39, 0.29) is 18.8 Å². The molecule has 0 unspecified atom stereocenters. The van der Waals surface area contributed by atoms with Crippen LogP contribution >= 0.6 is 23.7 Å². The number of Topliss-reactive ketones (excluding diaryl/α,β-unsaturated/α-hetero) is 1. The summed E-state index contributed by atoms with van der Waals surface area (Å²) in [6.07, 6.45) is 4.32. The monoisotopic (exact) mass is 447 g/mol. The lowest BCUT2D eigenvalue weighted by molar-refractivity contribution is 0.0984. The number of hydrogen-bond acceptors (Lipinski definition) is 5. The molecule has 1 aromatic carbocycles. The molecule has 0 bridgehead atoms. The average molecular weight is 448 g/mol. The number of carbonyl (C=O) groups excluding carboxylic acids is 1. The molecule has 1 aliphatic heterocycles. The van der Waals surface area contributed by atoms with Gasteiger partial charge in [-0.1, -0.05) is 17.7 Å². The van der Waals surface area contributed by atoms with Gasteiger partial charge < -0.3 is 4.90 Å². The lowest BCUT2D eigenvalue weighted by atomic mass is 9.96. The lowest BCUT2D eigenvalue weighted by Gasteiger charge is -2.29. The Hall–Kier alpha value is -2.64. The molecule has 0 spiro atoms. The first-order valence-corrected chi connectivity index (χ1v) is 10.2. The summed E-state index contributed by atoms with van der Waals surface area (Å²) in [6, 6.07) is 7.06. The molecular formula is C22H20ClF2N3OS. The second-order valence-corrected chi connectivity index (χ2v) is 7.85. The first kappa shape index (κ1) is 22.1. The number of thiazole rings is 1. The average Bonchev–Trinajstić information content (AvgIpc) is 3.24. The van der Waals surface area contributed by atoms with Crippen molar-refractivity contribution >= 4 is 40.2 Å². The van der Waals surface area contributed by atoms with E-state index in [2.05, 4.69) is 21.8 Å². The molecule has 156 valence electrons. The van der Waals surface area contributed by atoms with Gasteiger partial charge >= 0.3 is 0 Å². The minimum Gasteiger partial charge on any atom is -0.343 e. The molecule has 0 fully saturated rings. The van der Waals surface area contributed by atoms with E-state index >= 15 is 0 Å². The van der Waals surface area contributed by atoms with Gasteiger partial charge in [0.2, 0.25) is 0 Å². The van der Waals surface area contributed by atoms with Crippen molar-refractivity contribution in [3.05, 3.63) is 82.1 Å². The molecule has 2 aromatic heterocycles. The van der Waals surface area contributed by atoms with Crippen LogP contribution in [0, 0.1) is 11.6 Å². The molecule has 0 atom stereocenters. The van der Waals surface area contributed by atoms with Gasteiger partial charge in [0.15, 0.2) is 10.9 Å². The van der Waals surface area contributed by atoms with Gasteiger partial charge in [0.05, 0.1) is 12.0 Å². The van der Waals surface area contributed by atoms with Crippen molar-refractivity contribution in [1.29, 1.82) is 0 Å². The Balaban J connectivity index is 0.00000256. The highest BCUT2D eigenvalue weighted by molar-refractivity contribution is 7.13. The molecule has 0 radical (unpaired) electrons. The van der Waals surface area contributed by atoms with Crippen molar-refractivity contribution < 1.29 is 13.6 Å². The summed E-state index contributed by atoms with van der Waals surface area (Å²) in [7, 11) is 0. The molecule has 3 heterocycles. The molecule has 4 rings (SSSR count). The second kappa shape index (κ2) is 9.45. The van der Waals surface area contributed by atoms with Crippen LogP contribution in [0.15, 0.2) is 53.7 Å². The van der Waals surface area contributed by atoms with Gasteiger partial charge in [-0.25, -0.2) is 13.8 Å². The van der Waals surface area contributed by atoms with Crippen LogP contribution in [0.4, 0.5) is 13.9 Å². The Morgan fingerprint density at radius 2 is 1.93 bits per heavy atom. The topological polar surface area (TPSA) is 46.1 Å². The van der Waals surface area contributed by atoms with E-state index in [1.165, 1.54) is 17.2 Å². The predicted octanol–water partition coefficient (Wildman–Crippen LogP) is 5.35. The van der Waals surface area contributed by atoms with E-state index in [0.29, 0.717) is 5.69 Å². The lowest BCUT2D eigenvalue weighted by Crippen LogP contribution is -2.30. The maximum absolute atomic E-state index is 13.8. The van der Waals surface area contributed by atoms with E-state index in [0.717, 1.165) is 42.3 Å². The zero-order chi connectivity index (χ0) is 20.4. The maximum Gasteiger partial charge on any atom is 0.185 e. The van der Waals surface area contributed by atoms with Gasteiger partial charge in [-0.3, -0.25) is 9.78 Å². The summed E-state index contributed by atoms with van der Waals surface area (Å²) in [5, 5.41) is 2.96. The number of aromatic nitrogens is 2. The first-order chi connectivity index (χ1) is 14.0. The van der Waals surface area contributed by atoms with Crippen LogP contribution in [0.25, 0.3) is 5.57 Å². The number of pyridine rings is 1. The van der Waals surface area contributed by atoms with Gasteiger partial charge in [-0.2, -0.15) is 0 Å². The summed E-state index contributed by atoms with van der Waals surface area (Å²) in [5.74, 6) is -2.32. The molecule has 8 heteroatoms. The number of rotatable bonds is 5. The molecule has 4 nitrogen and oxygen atoms in total. The smallest absolute Gasteiger partial charge is 0.185 e. The number of anilines is 1. The summed E-state index contributed by atoms with van der Waals surface area (Å²) >= 11 is 1.62. The molecular weight excluding hydrogens is 428 g/mol. The van der Waals surface area contributed by atoms with Crippen LogP contribution in [0.1, 0.15) is 35.0 Å². The third kappa shape index (κ3) is 4.57. The van der Waals surface area contributed by atoms with Gasteiger partial charge in [-0.15, -0.1) is 23.7 Å². The number of halogens is 3. The van der Waals surface area contributed by atoms with Crippen LogP contribution in [0.5, 0.6) is 0 Å². The Morgan fingerprint density at radius 1 is 1.17 bits per heavy atom. The van der Waals surface area contributed by atoms with E-state index < -0.39 is 23.0 Å². The van der Waals surface area contributed by atoms with Crippen molar-refractivity contribution in [2.24, 2.45) is 0 Å². The largest absolute Gasteiger partial charge is 0.343 e. The Morgan fingerprint density at radius 3 is 2.57 bits per heavy atom. The number of nitrogens with zero attached hydrogens (tertiary/aromatic N) is 3. The molecule has 3 aromatic rings. The number of benzene rings is 1. The SMILES string of the molecule is CC1=C(c2ccc(CC(=O)c3c(F)cccc3F)nc2)CN(c2nccs2)CC1.Cl. The van der Waals surface area contributed by atoms with Crippen LogP contribution in [0.3, 0.4) is 0 Å². The molecule has 0 N–H and O–H groups in total. The fraction of sp³-hybridized carbons (Fsp3) is 0.227. The molecule has 30 heavy (non-hydrogen) atoms. The minimum absolute atomic E-state index is 0. The Labute approximate surface area is 183 Å². The van der Waals surface area contributed by atoms with Crippen molar-refractivity contribution in [2.75, 3.05) is 18.0 Å². The van der Waals surface area contributed by atoms with Crippen LogP contribution in [-0.4, -0.2) is 28.8 Å². The molecule has 1 aliphatic rings. The van der Waals surface area contributed by atoms with Gasteiger partial charge in [-0.05, 0) is 42.7 Å². The van der Waals surface area contributed by atoms with Crippen LogP contribution in [0.2, 0.25) is 0 Å². The zero-order valence-corrected chi connectivity index (χ0v) is 17.9. The van der Waals surface area contributed by atoms with Crippen LogP contribution < -0.4 is 4.90 Å². The fourth-order valence-electron chi connectivity index (χ4n) is 3.46. The van der Waals surface area contributed by atoms with Crippen molar-refractivity contribution in [1.82, 2.24) is 9.97 Å². The quantitative estimate of drug-likeness (QED) is 0.495. The van der Waals surface area contributed by atoms with Crippen molar-refractivity contribution in [3.63, 3.8) is 0 Å². The van der Waals surface area contributed by atoms with Gasteiger partial charge in [0.1, 0.15) is 11.6 Å². The fourth-order valence-corrected chi connectivity index (χ4v) is 4.13. The first-order valence-electron chi connectivity index (χ1n) is 9.28. The summed E-state index contributed by atoms with van der Waals surface area (Å²) in [6.45, 7) is 3.80. The normalized spacial score (nSPS) is 13.9. The molecule has 0 saturated carbocycles. The molecule has 0 aliphatic carbocycles. The zero-order valence-electron chi connectivity index (χ0n) is 16.3. The van der Waals surface area contributed by atoms with E-state index in [1.54, 1.807) is 29.8 Å². The second-order valence-electron chi connectivity index (χ2n) is 6.98. The summed E-state index contributed by atoms with van der Waals surface area (Å²) in [4.78, 5) is 23.3. The third-order valence-corrected chi connectivity index (χ3v) is 5.90.